The van der Waals surface area contributed by atoms with Crippen LogP contribution in [0, 0.1) is 0 Å². The SMILES string of the molecule is CC(CC(F)(F)F)Nc1ccnc(Cl)c1. The highest BCUT2D eigenvalue weighted by atomic mass is 35.5. The Morgan fingerprint density at radius 2 is 2.20 bits per heavy atom. The van der Waals surface area contributed by atoms with E-state index in [2.05, 4.69) is 10.3 Å². The molecule has 0 aromatic carbocycles. The van der Waals surface area contributed by atoms with Crippen LogP contribution in [0.5, 0.6) is 0 Å². The highest BCUT2D eigenvalue weighted by Gasteiger charge is 2.29. The Morgan fingerprint density at radius 3 is 2.73 bits per heavy atom. The van der Waals surface area contributed by atoms with Gasteiger partial charge >= 0.3 is 6.18 Å². The summed E-state index contributed by atoms with van der Waals surface area (Å²) in [6, 6.07) is 2.36. The summed E-state index contributed by atoms with van der Waals surface area (Å²) < 4.78 is 36.0. The van der Waals surface area contributed by atoms with E-state index >= 15 is 0 Å². The molecule has 0 saturated heterocycles. The van der Waals surface area contributed by atoms with Crippen molar-refractivity contribution in [2.75, 3.05) is 5.32 Å². The van der Waals surface area contributed by atoms with Crippen molar-refractivity contribution in [1.82, 2.24) is 4.98 Å². The lowest BCUT2D eigenvalue weighted by molar-refractivity contribution is -0.136. The smallest absolute Gasteiger partial charge is 0.382 e. The number of halogens is 4. The van der Waals surface area contributed by atoms with Crippen LogP contribution in [0.15, 0.2) is 18.3 Å². The quantitative estimate of drug-likeness (QED) is 0.816. The minimum absolute atomic E-state index is 0.249. The van der Waals surface area contributed by atoms with E-state index in [1.54, 1.807) is 6.07 Å². The van der Waals surface area contributed by atoms with Crippen LogP contribution in [-0.4, -0.2) is 17.2 Å². The zero-order chi connectivity index (χ0) is 11.5. The highest BCUT2D eigenvalue weighted by molar-refractivity contribution is 6.29. The lowest BCUT2D eigenvalue weighted by Crippen LogP contribution is -2.23. The number of aromatic nitrogens is 1. The van der Waals surface area contributed by atoms with E-state index < -0.39 is 18.6 Å². The summed E-state index contributed by atoms with van der Waals surface area (Å²) in [6.07, 6.45) is -3.61. The van der Waals surface area contributed by atoms with Gasteiger partial charge in [0.25, 0.3) is 0 Å². The molecule has 1 heterocycles. The van der Waals surface area contributed by atoms with Gasteiger partial charge in [-0.25, -0.2) is 4.98 Å². The van der Waals surface area contributed by atoms with Crippen molar-refractivity contribution in [2.24, 2.45) is 0 Å². The zero-order valence-electron chi connectivity index (χ0n) is 7.98. The molecule has 15 heavy (non-hydrogen) atoms. The van der Waals surface area contributed by atoms with Gasteiger partial charge in [0.15, 0.2) is 0 Å². The molecule has 1 N–H and O–H groups in total. The van der Waals surface area contributed by atoms with Crippen molar-refractivity contribution in [3.8, 4) is 0 Å². The highest BCUT2D eigenvalue weighted by Crippen LogP contribution is 2.23. The van der Waals surface area contributed by atoms with Gasteiger partial charge < -0.3 is 5.32 Å². The molecule has 0 aliphatic carbocycles. The average molecular weight is 239 g/mol. The number of anilines is 1. The molecule has 0 bridgehead atoms. The second-order valence-corrected chi connectivity index (χ2v) is 3.62. The first-order valence-corrected chi connectivity index (χ1v) is 4.69. The molecule has 0 saturated carbocycles. The van der Waals surface area contributed by atoms with Crippen molar-refractivity contribution in [3.05, 3.63) is 23.5 Å². The predicted octanol–water partition coefficient (Wildman–Crippen LogP) is 3.49. The molecule has 6 heteroatoms. The molecule has 1 unspecified atom stereocenters. The number of nitrogens with one attached hydrogen (secondary N) is 1. The molecule has 0 aliphatic rings. The largest absolute Gasteiger partial charge is 0.391 e. The van der Waals surface area contributed by atoms with Gasteiger partial charge in [-0.2, -0.15) is 13.2 Å². The number of pyridine rings is 1. The third-order valence-electron chi connectivity index (χ3n) is 1.68. The molecule has 2 nitrogen and oxygen atoms in total. The van der Waals surface area contributed by atoms with Gasteiger partial charge in [-0.05, 0) is 19.1 Å². The Bertz CT molecular complexity index is 327. The normalized spacial score (nSPS) is 13.7. The number of hydrogen-bond acceptors (Lipinski definition) is 2. The molecular formula is C9H10ClF3N2. The Hall–Kier alpha value is -0.970. The predicted molar refractivity (Wildman–Crippen MR) is 53.0 cm³/mol. The molecule has 0 fully saturated rings. The van der Waals surface area contributed by atoms with Crippen molar-refractivity contribution >= 4 is 17.3 Å². The van der Waals surface area contributed by atoms with Crippen LogP contribution in [0.3, 0.4) is 0 Å². The van der Waals surface area contributed by atoms with Crippen LogP contribution in [-0.2, 0) is 0 Å². The van der Waals surface area contributed by atoms with Crippen LogP contribution in [0.1, 0.15) is 13.3 Å². The van der Waals surface area contributed by atoms with E-state index in [1.807, 2.05) is 0 Å². The van der Waals surface area contributed by atoms with Gasteiger partial charge in [0.2, 0.25) is 0 Å². The molecular weight excluding hydrogens is 229 g/mol. The number of hydrogen-bond donors (Lipinski definition) is 1. The number of nitrogens with zero attached hydrogens (tertiary/aromatic N) is 1. The molecule has 1 atom stereocenters. The van der Waals surface area contributed by atoms with E-state index in [0.29, 0.717) is 5.69 Å². The topological polar surface area (TPSA) is 24.9 Å². The fourth-order valence-corrected chi connectivity index (χ4v) is 1.35. The van der Waals surface area contributed by atoms with Gasteiger partial charge in [-0.3, -0.25) is 0 Å². The Kier molecular flexibility index (Phi) is 3.79. The Balaban J connectivity index is 2.55. The first kappa shape index (κ1) is 12.1. The number of alkyl halides is 3. The summed E-state index contributed by atoms with van der Waals surface area (Å²) in [5.41, 5.74) is 0.534. The first-order chi connectivity index (χ1) is 6.87. The van der Waals surface area contributed by atoms with Crippen LogP contribution in [0.4, 0.5) is 18.9 Å². The van der Waals surface area contributed by atoms with Gasteiger partial charge in [-0.1, -0.05) is 11.6 Å². The van der Waals surface area contributed by atoms with Gasteiger partial charge in [0.1, 0.15) is 5.15 Å². The van der Waals surface area contributed by atoms with Gasteiger partial charge in [0.05, 0.1) is 6.42 Å². The molecule has 0 amide bonds. The van der Waals surface area contributed by atoms with E-state index in [4.69, 9.17) is 11.6 Å². The number of rotatable bonds is 3. The zero-order valence-corrected chi connectivity index (χ0v) is 8.73. The molecule has 1 aromatic rings. The minimum atomic E-state index is -4.16. The lowest BCUT2D eigenvalue weighted by atomic mass is 10.2. The average Bonchev–Trinajstić information content (AvgIpc) is 1.99. The van der Waals surface area contributed by atoms with Crippen molar-refractivity contribution in [2.45, 2.75) is 25.6 Å². The third-order valence-corrected chi connectivity index (χ3v) is 1.88. The van der Waals surface area contributed by atoms with Gasteiger partial charge in [-0.15, -0.1) is 0 Å². The Morgan fingerprint density at radius 1 is 1.53 bits per heavy atom. The van der Waals surface area contributed by atoms with Crippen molar-refractivity contribution in [3.63, 3.8) is 0 Å². The Labute approximate surface area is 90.5 Å². The summed E-state index contributed by atoms with van der Waals surface area (Å²) in [5.74, 6) is 0. The summed E-state index contributed by atoms with van der Waals surface area (Å²) in [5, 5.41) is 2.94. The van der Waals surface area contributed by atoms with E-state index in [-0.39, 0.29) is 5.15 Å². The monoisotopic (exact) mass is 238 g/mol. The van der Waals surface area contributed by atoms with E-state index in [0.717, 1.165) is 0 Å². The summed E-state index contributed by atoms with van der Waals surface area (Å²) in [4.78, 5) is 3.72. The maximum Gasteiger partial charge on any atom is 0.391 e. The fourth-order valence-electron chi connectivity index (χ4n) is 1.17. The van der Waals surface area contributed by atoms with Gasteiger partial charge in [0, 0.05) is 17.9 Å². The maximum atomic E-state index is 12.0. The second kappa shape index (κ2) is 4.70. The van der Waals surface area contributed by atoms with Crippen LogP contribution in [0.2, 0.25) is 5.15 Å². The molecule has 1 aromatic heterocycles. The summed E-state index contributed by atoms with van der Waals surface area (Å²) >= 11 is 5.59. The van der Waals surface area contributed by atoms with Crippen LogP contribution >= 0.6 is 11.6 Å². The molecule has 1 rings (SSSR count). The van der Waals surface area contributed by atoms with Crippen LogP contribution in [0.25, 0.3) is 0 Å². The molecule has 84 valence electrons. The second-order valence-electron chi connectivity index (χ2n) is 3.23. The van der Waals surface area contributed by atoms with Crippen molar-refractivity contribution < 1.29 is 13.2 Å². The fraction of sp³-hybridized carbons (Fsp3) is 0.444. The molecule has 0 radical (unpaired) electrons. The van der Waals surface area contributed by atoms with Crippen molar-refractivity contribution in [1.29, 1.82) is 0 Å². The van der Waals surface area contributed by atoms with Crippen LogP contribution < -0.4 is 5.32 Å². The summed E-state index contributed by atoms with van der Waals surface area (Å²) in [7, 11) is 0. The third kappa shape index (κ3) is 4.88. The lowest BCUT2D eigenvalue weighted by Gasteiger charge is -2.16. The maximum absolute atomic E-state index is 12.0. The first-order valence-electron chi connectivity index (χ1n) is 4.31. The van der Waals surface area contributed by atoms with E-state index in [1.165, 1.54) is 19.2 Å². The standard InChI is InChI=1S/C9H10ClF3N2/c1-6(5-9(11,12)13)15-7-2-3-14-8(10)4-7/h2-4,6H,5H2,1H3,(H,14,15). The molecule has 0 spiro atoms. The van der Waals surface area contributed by atoms with E-state index in [9.17, 15) is 13.2 Å². The summed E-state index contributed by atoms with van der Waals surface area (Å²) in [6.45, 7) is 1.46. The minimum Gasteiger partial charge on any atom is -0.382 e. The molecule has 0 aliphatic heterocycles.